The van der Waals surface area contributed by atoms with Crippen molar-refractivity contribution in [3.05, 3.63) is 28.6 Å². The van der Waals surface area contributed by atoms with Crippen LogP contribution in [0.4, 0.5) is 4.79 Å². The lowest BCUT2D eigenvalue weighted by Gasteiger charge is -2.09. The van der Waals surface area contributed by atoms with Crippen LogP contribution in [0.1, 0.15) is 30.8 Å². The fourth-order valence-electron chi connectivity index (χ4n) is 2.31. The average Bonchev–Trinajstić information content (AvgIpc) is 2.86. The van der Waals surface area contributed by atoms with Gasteiger partial charge in [-0.05, 0) is 36.2 Å². The topological polar surface area (TPSA) is 76.5 Å². The summed E-state index contributed by atoms with van der Waals surface area (Å²) in [6, 6.07) is 3.79. The van der Waals surface area contributed by atoms with Crippen LogP contribution in [0.5, 0.6) is 0 Å². The first-order chi connectivity index (χ1) is 9.60. The molecule has 0 radical (unpaired) electrons. The fourth-order valence-corrected chi connectivity index (χ4v) is 3.16. The summed E-state index contributed by atoms with van der Waals surface area (Å²) < 4.78 is 5.72. The molecule has 2 N–H and O–H groups in total. The highest BCUT2D eigenvalue weighted by molar-refractivity contribution is 8.18. The minimum absolute atomic E-state index is 0.255. The third-order valence-electron chi connectivity index (χ3n) is 3.62. The van der Waals surface area contributed by atoms with Crippen LogP contribution in [-0.4, -0.2) is 29.1 Å². The lowest BCUT2D eigenvalue weighted by Crippen LogP contribution is -2.33. The molecule has 1 aromatic heterocycles. The zero-order chi connectivity index (χ0) is 14.3. The Hall–Kier alpha value is -1.53. The molecular weight excluding hydrogens is 276 g/mol. The number of carbonyl (C=O) groups excluding carboxylic acids is 2. The summed E-state index contributed by atoms with van der Waals surface area (Å²) in [5.74, 6) is 2.47. The van der Waals surface area contributed by atoms with Gasteiger partial charge >= 0.3 is 0 Å². The second-order valence-corrected chi connectivity index (χ2v) is 6.17. The summed E-state index contributed by atoms with van der Waals surface area (Å²) in [5.41, 5.74) is 5.39. The zero-order valence-corrected chi connectivity index (χ0v) is 12.0. The molecule has 1 saturated heterocycles. The molecule has 0 aromatic carbocycles. The number of carbonyl (C=O) groups is 2. The van der Waals surface area contributed by atoms with Gasteiger partial charge in [-0.15, -0.1) is 0 Å². The van der Waals surface area contributed by atoms with Gasteiger partial charge < -0.3 is 10.2 Å². The molecule has 2 fully saturated rings. The van der Waals surface area contributed by atoms with Crippen molar-refractivity contribution in [2.75, 3.05) is 13.1 Å². The van der Waals surface area contributed by atoms with Gasteiger partial charge in [-0.2, -0.15) is 0 Å². The maximum absolute atomic E-state index is 12.0. The van der Waals surface area contributed by atoms with E-state index in [-0.39, 0.29) is 24.2 Å². The highest BCUT2D eigenvalue weighted by Crippen LogP contribution is 2.47. The molecule has 1 aromatic rings. The fraction of sp³-hybridized carbons (Fsp3) is 0.429. The Labute approximate surface area is 121 Å². The normalized spacial score (nSPS) is 27.7. The quantitative estimate of drug-likeness (QED) is 0.862. The number of imide groups is 1. The summed E-state index contributed by atoms with van der Waals surface area (Å²) in [7, 11) is 0. The van der Waals surface area contributed by atoms with E-state index in [1.165, 1.54) is 4.90 Å². The Morgan fingerprint density at radius 1 is 1.50 bits per heavy atom. The predicted molar refractivity (Wildman–Crippen MR) is 77.0 cm³/mol. The third kappa shape index (κ3) is 2.41. The molecule has 2 heterocycles. The van der Waals surface area contributed by atoms with Crippen LogP contribution in [0.15, 0.2) is 21.5 Å². The van der Waals surface area contributed by atoms with Gasteiger partial charge in [0, 0.05) is 25.1 Å². The smallest absolute Gasteiger partial charge is 0.293 e. The lowest BCUT2D eigenvalue weighted by molar-refractivity contribution is -0.122. The molecule has 3 rings (SSSR count). The van der Waals surface area contributed by atoms with Crippen molar-refractivity contribution in [3.63, 3.8) is 0 Å². The first-order valence-electron chi connectivity index (χ1n) is 6.65. The summed E-state index contributed by atoms with van der Waals surface area (Å²) >= 11 is 0.933. The van der Waals surface area contributed by atoms with Gasteiger partial charge in [-0.3, -0.25) is 14.5 Å². The first-order valence-corrected chi connectivity index (χ1v) is 7.47. The van der Waals surface area contributed by atoms with Crippen LogP contribution in [0.3, 0.4) is 0 Å². The van der Waals surface area contributed by atoms with Crippen molar-refractivity contribution in [1.29, 1.82) is 0 Å². The number of thioether (sulfide) groups is 1. The van der Waals surface area contributed by atoms with Crippen LogP contribution in [-0.2, 0) is 4.79 Å². The Morgan fingerprint density at radius 3 is 2.90 bits per heavy atom. The van der Waals surface area contributed by atoms with E-state index in [1.54, 1.807) is 6.08 Å². The SMILES string of the molecule is CC1CC1c1ccc(/C=C2\SC(=O)N(CCN)C2=O)o1. The Morgan fingerprint density at radius 2 is 2.25 bits per heavy atom. The Balaban J connectivity index is 1.77. The van der Waals surface area contributed by atoms with Crippen molar-refractivity contribution in [1.82, 2.24) is 4.90 Å². The molecule has 2 unspecified atom stereocenters. The summed E-state index contributed by atoms with van der Waals surface area (Å²) in [4.78, 5) is 25.3. The van der Waals surface area contributed by atoms with Crippen molar-refractivity contribution < 1.29 is 14.0 Å². The molecular formula is C14H16N2O3S. The van der Waals surface area contributed by atoms with Crippen molar-refractivity contribution in [2.24, 2.45) is 11.7 Å². The van der Waals surface area contributed by atoms with Crippen LogP contribution in [0.2, 0.25) is 0 Å². The van der Waals surface area contributed by atoms with Crippen molar-refractivity contribution in [3.8, 4) is 0 Å². The third-order valence-corrected chi connectivity index (χ3v) is 4.53. The van der Waals surface area contributed by atoms with Crippen molar-refractivity contribution >= 4 is 29.0 Å². The minimum atomic E-state index is -0.289. The molecule has 20 heavy (non-hydrogen) atoms. The number of nitrogens with two attached hydrogens (primary N) is 1. The molecule has 2 amide bonds. The van der Waals surface area contributed by atoms with Crippen LogP contribution < -0.4 is 5.73 Å². The average molecular weight is 292 g/mol. The maximum atomic E-state index is 12.0. The second-order valence-electron chi connectivity index (χ2n) is 5.18. The predicted octanol–water partition coefficient (Wildman–Crippen LogP) is 2.40. The standard InChI is InChI=1S/C14H16N2O3S/c1-8-6-10(8)11-3-2-9(19-11)7-12-13(17)16(5-4-15)14(18)20-12/h2-3,7-8,10H,4-6,15H2,1H3/b12-7-. The Bertz CT molecular complexity index is 593. The van der Waals surface area contributed by atoms with Gasteiger partial charge in [0.2, 0.25) is 0 Å². The van der Waals surface area contributed by atoms with Gasteiger partial charge in [0.1, 0.15) is 11.5 Å². The molecule has 6 heteroatoms. The molecule has 0 bridgehead atoms. The number of hydrogen-bond donors (Lipinski definition) is 1. The van der Waals surface area contributed by atoms with Gasteiger partial charge in [0.15, 0.2) is 0 Å². The van der Waals surface area contributed by atoms with E-state index in [0.717, 1.165) is 23.9 Å². The van der Waals surface area contributed by atoms with Gasteiger partial charge in [0.05, 0.1) is 4.91 Å². The summed E-state index contributed by atoms with van der Waals surface area (Å²) in [6.07, 6.45) is 2.79. The van der Waals surface area contributed by atoms with Crippen LogP contribution >= 0.6 is 11.8 Å². The minimum Gasteiger partial charge on any atom is -0.461 e. The first kappa shape index (κ1) is 13.5. The van der Waals surface area contributed by atoms with Gasteiger partial charge in [0.25, 0.3) is 11.1 Å². The van der Waals surface area contributed by atoms with E-state index < -0.39 is 0 Å². The van der Waals surface area contributed by atoms with E-state index in [0.29, 0.717) is 22.5 Å². The molecule has 106 valence electrons. The number of hydrogen-bond acceptors (Lipinski definition) is 5. The lowest BCUT2D eigenvalue weighted by atomic mass is 10.3. The zero-order valence-electron chi connectivity index (χ0n) is 11.2. The van der Waals surface area contributed by atoms with Crippen LogP contribution in [0.25, 0.3) is 6.08 Å². The Kier molecular flexibility index (Phi) is 3.43. The van der Waals surface area contributed by atoms with Crippen LogP contribution in [0, 0.1) is 5.92 Å². The highest BCUT2D eigenvalue weighted by Gasteiger charge is 2.37. The number of nitrogens with zero attached hydrogens (tertiary/aromatic N) is 1. The molecule has 1 aliphatic carbocycles. The summed E-state index contributed by atoms with van der Waals surface area (Å²) in [5, 5.41) is -0.269. The number of rotatable bonds is 4. The van der Waals surface area contributed by atoms with Gasteiger partial charge in [-0.25, -0.2) is 0 Å². The molecule has 5 nitrogen and oxygen atoms in total. The maximum Gasteiger partial charge on any atom is 0.293 e. The number of furan rings is 1. The second kappa shape index (κ2) is 5.10. The monoisotopic (exact) mass is 292 g/mol. The molecule has 1 aliphatic heterocycles. The molecule has 0 spiro atoms. The van der Waals surface area contributed by atoms with E-state index in [1.807, 2.05) is 12.1 Å². The van der Waals surface area contributed by atoms with Gasteiger partial charge in [-0.1, -0.05) is 6.92 Å². The van der Waals surface area contributed by atoms with E-state index >= 15 is 0 Å². The molecule has 2 aliphatic rings. The molecule has 1 saturated carbocycles. The van der Waals surface area contributed by atoms with E-state index in [2.05, 4.69) is 6.92 Å². The largest absolute Gasteiger partial charge is 0.461 e. The van der Waals surface area contributed by atoms with E-state index in [9.17, 15) is 9.59 Å². The van der Waals surface area contributed by atoms with E-state index in [4.69, 9.17) is 10.2 Å². The highest BCUT2D eigenvalue weighted by atomic mass is 32.2. The van der Waals surface area contributed by atoms with Crippen molar-refractivity contribution in [2.45, 2.75) is 19.3 Å². The summed E-state index contributed by atoms with van der Waals surface area (Å²) in [6.45, 7) is 2.71. The molecule has 2 atom stereocenters. The number of amides is 2.